The van der Waals surface area contributed by atoms with Crippen LogP contribution in [0.15, 0.2) is 36.5 Å². The third kappa shape index (κ3) is 3.22. The molecule has 122 valence electrons. The molecule has 2 aromatic rings. The minimum atomic E-state index is -0.0624. The Morgan fingerprint density at radius 3 is 2.96 bits per heavy atom. The second-order valence-corrected chi connectivity index (χ2v) is 5.82. The van der Waals surface area contributed by atoms with Gasteiger partial charge in [-0.2, -0.15) is 5.10 Å². The Bertz CT molecular complexity index is 683. The molecule has 0 radical (unpaired) electrons. The van der Waals surface area contributed by atoms with Crippen LogP contribution in [0.1, 0.15) is 28.9 Å². The van der Waals surface area contributed by atoms with Crippen LogP contribution in [0.25, 0.3) is 0 Å². The van der Waals surface area contributed by atoms with Crippen molar-refractivity contribution < 1.29 is 9.90 Å². The van der Waals surface area contributed by atoms with Crippen molar-refractivity contribution in [3.8, 4) is 0 Å². The normalized spacial score (nSPS) is 17.5. The molecule has 3 rings (SSSR count). The third-order valence-corrected chi connectivity index (χ3v) is 4.39. The van der Waals surface area contributed by atoms with Crippen LogP contribution in [0.2, 0.25) is 0 Å². The van der Waals surface area contributed by atoms with Gasteiger partial charge in [0.25, 0.3) is 5.91 Å². The summed E-state index contributed by atoms with van der Waals surface area (Å²) in [7, 11) is 1.89. The van der Waals surface area contributed by atoms with Gasteiger partial charge in [-0.1, -0.05) is 12.1 Å². The number of nitrogens with zero attached hydrogens (tertiary/aromatic N) is 3. The van der Waals surface area contributed by atoms with Crippen LogP contribution in [0.4, 0.5) is 5.69 Å². The number of hydrogen-bond acceptors (Lipinski definition) is 4. The molecule has 1 aromatic heterocycles. The number of carbonyl (C=O) groups is 1. The molecule has 1 fully saturated rings. The van der Waals surface area contributed by atoms with Crippen molar-refractivity contribution in [2.75, 3.05) is 18.5 Å². The number of benzene rings is 1. The average molecular weight is 314 g/mol. The van der Waals surface area contributed by atoms with Crippen molar-refractivity contribution in [1.82, 2.24) is 14.7 Å². The average Bonchev–Trinajstić information content (AvgIpc) is 3.21. The second kappa shape index (κ2) is 6.83. The first-order chi connectivity index (χ1) is 11.2. The van der Waals surface area contributed by atoms with E-state index in [2.05, 4.69) is 10.4 Å². The van der Waals surface area contributed by atoms with Crippen molar-refractivity contribution in [1.29, 1.82) is 0 Å². The molecule has 23 heavy (non-hydrogen) atoms. The van der Waals surface area contributed by atoms with Crippen LogP contribution < -0.4 is 5.32 Å². The molecule has 0 spiro atoms. The summed E-state index contributed by atoms with van der Waals surface area (Å²) in [6.45, 7) is 1.33. The Morgan fingerprint density at radius 1 is 1.39 bits per heavy atom. The first-order valence-corrected chi connectivity index (χ1v) is 7.92. The summed E-state index contributed by atoms with van der Waals surface area (Å²) < 4.78 is 1.81. The molecule has 2 N–H and O–H groups in total. The lowest BCUT2D eigenvalue weighted by Gasteiger charge is -2.24. The fraction of sp³-hybridized carbons (Fsp3) is 0.412. The zero-order chi connectivity index (χ0) is 16.2. The lowest BCUT2D eigenvalue weighted by Crippen LogP contribution is -2.37. The van der Waals surface area contributed by atoms with E-state index in [0.717, 1.165) is 24.2 Å². The molecule has 6 heteroatoms. The summed E-state index contributed by atoms with van der Waals surface area (Å²) in [6, 6.07) is 9.41. The molecule has 1 saturated heterocycles. The van der Waals surface area contributed by atoms with E-state index < -0.39 is 0 Å². The van der Waals surface area contributed by atoms with E-state index in [1.807, 2.05) is 37.4 Å². The number of carbonyl (C=O) groups excluding carboxylic acids is 1. The first-order valence-electron chi connectivity index (χ1n) is 7.92. The zero-order valence-corrected chi connectivity index (χ0v) is 13.3. The van der Waals surface area contributed by atoms with Crippen LogP contribution >= 0.6 is 0 Å². The fourth-order valence-corrected chi connectivity index (χ4v) is 3.03. The van der Waals surface area contributed by atoms with Crippen LogP contribution in [0, 0.1) is 0 Å². The minimum absolute atomic E-state index is 0.0188. The first kappa shape index (κ1) is 15.6. The molecular weight excluding hydrogens is 292 g/mol. The summed E-state index contributed by atoms with van der Waals surface area (Å²) in [5.74, 6) is -0.0188. The van der Waals surface area contributed by atoms with Crippen molar-refractivity contribution >= 4 is 11.6 Å². The minimum Gasteiger partial charge on any atom is -0.394 e. The van der Waals surface area contributed by atoms with E-state index in [1.165, 1.54) is 0 Å². The lowest BCUT2D eigenvalue weighted by molar-refractivity contribution is 0.0678. The van der Waals surface area contributed by atoms with Gasteiger partial charge in [0, 0.05) is 25.5 Å². The highest BCUT2D eigenvalue weighted by molar-refractivity contribution is 5.99. The Morgan fingerprint density at radius 2 is 2.22 bits per heavy atom. The van der Waals surface area contributed by atoms with Gasteiger partial charge in [-0.25, -0.2) is 0 Å². The fourth-order valence-electron chi connectivity index (χ4n) is 3.03. The third-order valence-electron chi connectivity index (χ3n) is 4.39. The number of rotatable bonds is 5. The number of amides is 1. The number of aliphatic hydroxyl groups is 1. The van der Waals surface area contributed by atoms with Crippen LogP contribution in [-0.4, -0.2) is 44.9 Å². The van der Waals surface area contributed by atoms with E-state index in [1.54, 1.807) is 15.8 Å². The molecule has 1 aliphatic rings. The molecule has 1 amide bonds. The maximum Gasteiger partial charge on any atom is 0.256 e. The summed E-state index contributed by atoms with van der Waals surface area (Å²) in [5.41, 5.74) is 2.50. The highest BCUT2D eigenvalue weighted by Crippen LogP contribution is 2.24. The molecule has 1 aliphatic heterocycles. The molecular formula is C17H22N4O2. The summed E-state index contributed by atoms with van der Waals surface area (Å²) in [4.78, 5) is 14.6. The van der Waals surface area contributed by atoms with Gasteiger partial charge in [-0.15, -0.1) is 0 Å². The van der Waals surface area contributed by atoms with Gasteiger partial charge in [0.15, 0.2) is 0 Å². The van der Waals surface area contributed by atoms with Gasteiger partial charge >= 0.3 is 0 Å². The number of nitrogens with one attached hydrogen (secondary N) is 1. The standard InChI is InChI=1S/C17H22N4O2/c1-20-13(8-9-19-20)11-18-16-7-3-2-6-15(16)17(23)21-10-4-5-14(21)12-22/h2-3,6-9,14,18,22H,4-5,10-12H2,1H3. The predicted molar refractivity (Wildman–Crippen MR) is 88.1 cm³/mol. The van der Waals surface area contributed by atoms with Gasteiger partial charge in [-0.05, 0) is 31.0 Å². The van der Waals surface area contributed by atoms with Gasteiger partial charge in [0.2, 0.25) is 0 Å². The van der Waals surface area contributed by atoms with Crippen LogP contribution in [-0.2, 0) is 13.6 Å². The number of aromatic nitrogens is 2. The van der Waals surface area contributed by atoms with Crippen molar-refractivity contribution in [3.63, 3.8) is 0 Å². The predicted octanol–water partition coefficient (Wildman–Crippen LogP) is 1.63. The van der Waals surface area contributed by atoms with Gasteiger partial charge in [0.1, 0.15) is 0 Å². The quantitative estimate of drug-likeness (QED) is 0.880. The maximum absolute atomic E-state index is 12.8. The molecule has 1 unspecified atom stereocenters. The molecule has 1 atom stereocenters. The van der Waals surface area contributed by atoms with Gasteiger partial charge < -0.3 is 15.3 Å². The Hall–Kier alpha value is -2.34. The maximum atomic E-state index is 12.8. The lowest BCUT2D eigenvalue weighted by atomic mass is 10.1. The number of anilines is 1. The monoisotopic (exact) mass is 314 g/mol. The molecule has 6 nitrogen and oxygen atoms in total. The SMILES string of the molecule is Cn1nccc1CNc1ccccc1C(=O)N1CCCC1CO. The van der Waals surface area contributed by atoms with Crippen molar-refractivity contribution in [3.05, 3.63) is 47.8 Å². The summed E-state index contributed by atoms with van der Waals surface area (Å²) >= 11 is 0. The molecule has 0 aliphatic carbocycles. The Balaban J connectivity index is 1.77. The van der Waals surface area contributed by atoms with E-state index in [0.29, 0.717) is 18.7 Å². The van der Waals surface area contributed by atoms with Gasteiger partial charge in [-0.3, -0.25) is 9.48 Å². The Labute approximate surface area is 135 Å². The van der Waals surface area contributed by atoms with Crippen LogP contribution in [0.3, 0.4) is 0 Å². The smallest absolute Gasteiger partial charge is 0.256 e. The van der Waals surface area contributed by atoms with E-state index >= 15 is 0 Å². The topological polar surface area (TPSA) is 70.4 Å². The molecule has 0 saturated carbocycles. The van der Waals surface area contributed by atoms with Gasteiger partial charge in [0.05, 0.1) is 30.5 Å². The Kier molecular flexibility index (Phi) is 4.62. The van der Waals surface area contributed by atoms with E-state index in [4.69, 9.17) is 0 Å². The molecule has 1 aromatic carbocycles. The number of aliphatic hydroxyl groups excluding tert-OH is 1. The molecule has 0 bridgehead atoms. The van der Waals surface area contributed by atoms with E-state index in [9.17, 15) is 9.90 Å². The number of likely N-dealkylation sites (tertiary alicyclic amines) is 1. The largest absolute Gasteiger partial charge is 0.394 e. The highest BCUT2D eigenvalue weighted by Gasteiger charge is 2.29. The number of para-hydroxylation sites is 1. The van der Waals surface area contributed by atoms with Crippen molar-refractivity contribution in [2.45, 2.75) is 25.4 Å². The molecule has 2 heterocycles. The zero-order valence-electron chi connectivity index (χ0n) is 13.3. The van der Waals surface area contributed by atoms with E-state index in [-0.39, 0.29) is 18.6 Å². The highest BCUT2D eigenvalue weighted by atomic mass is 16.3. The number of aryl methyl sites for hydroxylation is 1. The number of hydrogen-bond donors (Lipinski definition) is 2. The van der Waals surface area contributed by atoms with Crippen LogP contribution in [0.5, 0.6) is 0 Å². The van der Waals surface area contributed by atoms with Crippen molar-refractivity contribution in [2.24, 2.45) is 7.05 Å². The summed E-state index contributed by atoms with van der Waals surface area (Å²) in [6.07, 6.45) is 3.57. The second-order valence-electron chi connectivity index (χ2n) is 5.82. The summed E-state index contributed by atoms with van der Waals surface area (Å²) in [5, 5.41) is 16.9.